The van der Waals surface area contributed by atoms with Crippen LogP contribution in [0.4, 0.5) is 4.79 Å². The standard InChI is InChI=1S/C26H42N2O8SSi/c1-8-34-23(29)18-22(28-37(32,33)14-15-38(5,6)7)16-21(27-25(31)36-26(2,3)4)17-24(30)35-19-20-12-10-9-11-13-20/h9-13,21H,8,14-19H2,1-7H3,(H,27,31)/b28-22-/t21-/m0/s1. The molecule has 1 amide bonds. The van der Waals surface area contributed by atoms with Gasteiger partial charge in [0.25, 0.3) is 10.0 Å². The quantitative estimate of drug-likeness (QED) is 0.150. The Morgan fingerprint density at radius 3 is 2.18 bits per heavy atom. The summed E-state index contributed by atoms with van der Waals surface area (Å²) in [7, 11) is -5.57. The van der Waals surface area contributed by atoms with Crippen LogP contribution in [0.1, 0.15) is 52.5 Å². The van der Waals surface area contributed by atoms with Gasteiger partial charge in [-0.1, -0.05) is 50.0 Å². The van der Waals surface area contributed by atoms with E-state index >= 15 is 0 Å². The van der Waals surface area contributed by atoms with E-state index in [1.807, 2.05) is 37.8 Å². The van der Waals surface area contributed by atoms with E-state index in [1.165, 1.54) is 0 Å². The summed E-state index contributed by atoms with van der Waals surface area (Å²) in [5.41, 5.74) is -0.0312. The van der Waals surface area contributed by atoms with Crippen LogP contribution in [-0.2, 0) is 40.4 Å². The number of carbonyl (C=O) groups is 3. The van der Waals surface area contributed by atoms with Crippen LogP contribution < -0.4 is 5.32 Å². The Hall–Kier alpha value is -2.73. The third-order valence-electron chi connectivity index (χ3n) is 4.89. The molecule has 214 valence electrons. The lowest BCUT2D eigenvalue weighted by Crippen LogP contribution is -2.41. The normalized spacial score (nSPS) is 13.4. The molecule has 0 aliphatic rings. The number of amides is 1. The van der Waals surface area contributed by atoms with Crippen molar-refractivity contribution in [1.82, 2.24) is 5.32 Å². The number of sulfonamides is 1. The Kier molecular flexibility index (Phi) is 13.2. The first-order chi connectivity index (χ1) is 17.5. The minimum absolute atomic E-state index is 0.0176. The Balaban J connectivity index is 3.15. The highest BCUT2D eigenvalue weighted by molar-refractivity contribution is 7.90. The minimum atomic E-state index is -3.90. The molecule has 38 heavy (non-hydrogen) atoms. The summed E-state index contributed by atoms with van der Waals surface area (Å²) in [5, 5.41) is 2.60. The fourth-order valence-corrected chi connectivity index (χ4v) is 7.23. The Labute approximate surface area is 227 Å². The highest BCUT2D eigenvalue weighted by Crippen LogP contribution is 2.15. The molecule has 0 aliphatic heterocycles. The zero-order chi connectivity index (χ0) is 29.0. The van der Waals surface area contributed by atoms with E-state index in [4.69, 9.17) is 14.2 Å². The van der Waals surface area contributed by atoms with E-state index in [0.29, 0.717) is 6.04 Å². The first kappa shape index (κ1) is 33.3. The Morgan fingerprint density at radius 1 is 1.00 bits per heavy atom. The van der Waals surface area contributed by atoms with Crippen molar-refractivity contribution in [2.75, 3.05) is 12.4 Å². The average molecular weight is 571 g/mol. The molecule has 0 fully saturated rings. The van der Waals surface area contributed by atoms with Crippen molar-refractivity contribution in [3.8, 4) is 0 Å². The fraction of sp³-hybridized carbons (Fsp3) is 0.615. The summed E-state index contributed by atoms with van der Waals surface area (Å²) in [6.07, 6.45) is -1.67. The van der Waals surface area contributed by atoms with E-state index in [0.717, 1.165) is 5.56 Å². The van der Waals surface area contributed by atoms with Gasteiger partial charge < -0.3 is 19.5 Å². The number of nitrogens with zero attached hydrogens (tertiary/aromatic N) is 1. The molecule has 1 aromatic rings. The van der Waals surface area contributed by atoms with Crippen molar-refractivity contribution in [2.24, 2.45) is 4.40 Å². The highest BCUT2D eigenvalue weighted by atomic mass is 32.2. The van der Waals surface area contributed by atoms with Gasteiger partial charge in [-0.2, -0.15) is 4.40 Å². The summed E-state index contributed by atoms with van der Waals surface area (Å²) in [6.45, 7) is 13.0. The lowest BCUT2D eigenvalue weighted by molar-refractivity contribution is -0.145. The molecule has 1 rings (SSSR count). The van der Waals surface area contributed by atoms with Crippen LogP contribution in [0.5, 0.6) is 0 Å². The summed E-state index contributed by atoms with van der Waals surface area (Å²) in [4.78, 5) is 37.4. The van der Waals surface area contributed by atoms with Crippen LogP contribution in [0.15, 0.2) is 34.7 Å². The van der Waals surface area contributed by atoms with E-state index in [2.05, 4.69) is 9.71 Å². The lowest BCUT2D eigenvalue weighted by atomic mass is 10.0. The second-order valence-corrected chi connectivity index (χ2v) is 18.5. The second-order valence-electron chi connectivity index (χ2n) is 11.1. The zero-order valence-corrected chi connectivity index (χ0v) is 25.4. The molecule has 0 radical (unpaired) electrons. The number of nitrogens with one attached hydrogen (secondary N) is 1. The number of benzene rings is 1. The molecule has 0 spiro atoms. The van der Waals surface area contributed by atoms with Gasteiger partial charge in [0.15, 0.2) is 0 Å². The highest BCUT2D eigenvalue weighted by Gasteiger charge is 2.26. The molecule has 0 heterocycles. The van der Waals surface area contributed by atoms with Gasteiger partial charge in [-0.05, 0) is 39.3 Å². The summed E-state index contributed by atoms with van der Waals surface area (Å²) in [6, 6.07) is 8.64. The van der Waals surface area contributed by atoms with E-state index in [-0.39, 0.29) is 37.5 Å². The maximum atomic E-state index is 12.8. The van der Waals surface area contributed by atoms with Gasteiger partial charge in [0.1, 0.15) is 12.2 Å². The predicted molar refractivity (Wildman–Crippen MR) is 149 cm³/mol. The molecule has 10 nitrogen and oxygen atoms in total. The third-order valence-corrected chi connectivity index (χ3v) is 8.26. The fourth-order valence-electron chi connectivity index (χ4n) is 3.13. The Morgan fingerprint density at radius 2 is 1.63 bits per heavy atom. The first-order valence-corrected chi connectivity index (χ1v) is 17.9. The topological polar surface area (TPSA) is 137 Å². The monoisotopic (exact) mass is 570 g/mol. The minimum Gasteiger partial charge on any atom is -0.466 e. The van der Waals surface area contributed by atoms with Crippen molar-refractivity contribution in [2.45, 2.75) is 90.9 Å². The van der Waals surface area contributed by atoms with Gasteiger partial charge >= 0.3 is 18.0 Å². The van der Waals surface area contributed by atoms with Crippen molar-refractivity contribution in [3.63, 3.8) is 0 Å². The maximum Gasteiger partial charge on any atom is 0.407 e. The van der Waals surface area contributed by atoms with Crippen LogP contribution >= 0.6 is 0 Å². The molecule has 0 aromatic heterocycles. The molecule has 0 aliphatic carbocycles. The molecule has 12 heteroatoms. The van der Waals surface area contributed by atoms with Gasteiger partial charge in [-0.3, -0.25) is 9.59 Å². The number of rotatable bonds is 14. The van der Waals surface area contributed by atoms with E-state index in [9.17, 15) is 22.8 Å². The SMILES string of the molecule is CCOC(=O)C/C(C[C@@H](CC(=O)OCc1ccccc1)NC(=O)OC(C)(C)C)=N\S(=O)(=O)CC[Si](C)(C)C. The molecular weight excluding hydrogens is 528 g/mol. The van der Waals surface area contributed by atoms with Crippen molar-refractivity contribution >= 4 is 41.8 Å². The van der Waals surface area contributed by atoms with Crippen LogP contribution in [-0.4, -0.2) is 64.2 Å². The van der Waals surface area contributed by atoms with Gasteiger partial charge in [-0.25, -0.2) is 13.2 Å². The molecule has 1 aromatic carbocycles. The maximum absolute atomic E-state index is 12.8. The first-order valence-electron chi connectivity index (χ1n) is 12.6. The summed E-state index contributed by atoms with van der Waals surface area (Å²) >= 11 is 0. The largest absolute Gasteiger partial charge is 0.466 e. The van der Waals surface area contributed by atoms with Crippen LogP contribution in [0.2, 0.25) is 25.7 Å². The average Bonchev–Trinajstić information content (AvgIpc) is 2.75. The van der Waals surface area contributed by atoms with E-state index in [1.54, 1.807) is 39.8 Å². The van der Waals surface area contributed by atoms with Crippen LogP contribution in [0.25, 0.3) is 0 Å². The van der Waals surface area contributed by atoms with Crippen LogP contribution in [0, 0.1) is 0 Å². The van der Waals surface area contributed by atoms with Gasteiger partial charge in [0, 0.05) is 26.2 Å². The van der Waals surface area contributed by atoms with Gasteiger partial charge in [0.2, 0.25) is 0 Å². The molecule has 0 saturated heterocycles. The van der Waals surface area contributed by atoms with E-state index < -0.39 is 54.2 Å². The van der Waals surface area contributed by atoms with Gasteiger partial charge in [0.05, 0.1) is 25.2 Å². The number of esters is 2. The number of hydrogen-bond acceptors (Lipinski definition) is 8. The molecule has 0 saturated carbocycles. The van der Waals surface area contributed by atoms with Crippen molar-refractivity contribution in [1.29, 1.82) is 0 Å². The number of alkyl carbamates (subject to hydrolysis) is 1. The molecule has 1 N–H and O–H groups in total. The number of carbonyl (C=O) groups excluding carboxylic acids is 3. The molecule has 0 unspecified atom stereocenters. The smallest absolute Gasteiger partial charge is 0.407 e. The predicted octanol–water partition coefficient (Wildman–Crippen LogP) is 4.47. The molecule has 0 bridgehead atoms. The third kappa shape index (κ3) is 16.2. The second kappa shape index (κ2) is 15.0. The number of hydrogen-bond donors (Lipinski definition) is 1. The van der Waals surface area contributed by atoms with Crippen LogP contribution in [0.3, 0.4) is 0 Å². The Bertz CT molecular complexity index is 1060. The van der Waals surface area contributed by atoms with Crippen molar-refractivity contribution < 1.29 is 37.0 Å². The number of ether oxygens (including phenoxy) is 3. The lowest BCUT2D eigenvalue weighted by Gasteiger charge is -2.23. The molecular formula is C26H42N2O8SSi. The van der Waals surface area contributed by atoms with Gasteiger partial charge in [-0.15, -0.1) is 0 Å². The zero-order valence-electron chi connectivity index (χ0n) is 23.5. The summed E-state index contributed by atoms with van der Waals surface area (Å²) < 4.78 is 45.1. The van der Waals surface area contributed by atoms with Crippen molar-refractivity contribution in [3.05, 3.63) is 35.9 Å². The molecule has 1 atom stereocenters. The summed E-state index contributed by atoms with van der Waals surface area (Å²) in [5.74, 6) is -1.43.